The quantitative estimate of drug-likeness (QED) is 0.847. The third-order valence-corrected chi connectivity index (χ3v) is 2.50. The van der Waals surface area contributed by atoms with Gasteiger partial charge in [0.15, 0.2) is 0 Å². The number of pyridine rings is 1. The molecule has 1 aromatic heterocycles. The van der Waals surface area contributed by atoms with Crippen molar-refractivity contribution < 1.29 is 8.42 Å². The van der Waals surface area contributed by atoms with Gasteiger partial charge >= 0.3 is 0 Å². The second-order valence-electron chi connectivity index (χ2n) is 3.12. The van der Waals surface area contributed by atoms with E-state index in [0.29, 0.717) is 6.54 Å². The van der Waals surface area contributed by atoms with Gasteiger partial charge in [0.1, 0.15) is 0 Å². The lowest BCUT2D eigenvalue weighted by Gasteiger charge is -2.01. The van der Waals surface area contributed by atoms with Crippen LogP contribution in [-0.4, -0.2) is 13.4 Å². The van der Waals surface area contributed by atoms with Crippen LogP contribution in [0.5, 0.6) is 0 Å². The minimum atomic E-state index is -2.53. The van der Waals surface area contributed by atoms with Crippen molar-refractivity contribution in [2.24, 2.45) is 0 Å². The Bertz CT molecular complexity index is 553. The Morgan fingerprint density at radius 3 is 2.65 bits per heavy atom. The highest BCUT2D eigenvalue weighted by Gasteiger charge is 1.96. The van der Waals surface area contributed by atoms with Gasteiger partial charge in [-0.15, -0.1) is 24.8 Å². The van der Waals surface area contributed by atoms with Gasteiger partial charge in [-0.05, 0) is 23.8 Å². The number of fused-ring (bicyclic) bond motifs is 1. The van der Waals surface area contributed by atoms with Gasteiger partial charge in [-0.1, -0.05) is 12.1 Å². The zero-order valence-electron chi connectivity index (χ0n) is 8.70. The molecule has 2 aromatic rings. The molecular weight excluding hydrogens is 283 g/mol. The molecule has 0 radical (unpaired) electrons. The highest BCUT2D eigenvalue weighted by atomic mass is 35.5. The van der Waals surface area contributed by atoms with Crippen molar-refractivity contribution in [1.82, 2.24) is 9.71 Å². The van der Waals surface area contributed by atoms with E-state index in [1.807, 2.05) is 30.3 Å². The predicted octanol–water partition coefficient (Wildman–Crippen LogP) is 1.69. The predicted molar refractivity (Wildman–Crippen MR) is 73.4 cm³/mol. The van der Waals surface area contributed by atoms with Crippen molar-refractivity contribution in [1.29, 1.82) is 0 Å². The molecule has 0 bridgehead atoms. The van der Waals surface area contributed by atoms with Gasteiger partial charge < -0.3 is 0 Å². The number of hydrogen-bond acceptors (Lipinski definition) is 3. The highest BCUT2D eigenvalue weighted by Crippen LogP contribution is 2.12. The first-order valence-corrected chi connectivity index (χ1v) is 5.65. The zero-order valence-corrected chi connectivity index (χ0v) is 11.2. The van der Waals surface area contributed by atoms with Gasteiger partial charge in [-0.3, -0.25) is 4.98 Å². The van der Waals surface area contributed by atoms with Gasteiger partial charge in [0.25, 0.3) is 0 Å². The molecule has 1 heterocycles. The molecular formula is C10H12Cl2N2O2S. The number of nitrogens with zero attached hydrogens (tertiary/aromatic N) is 1. The van der Waals surface area contributed by atoms with Gasteiger partial charge in [-0.2, -0.15) is 0 Å². The van der Waals surface area contributed by atoms with Gasteiger partial charge in [0.2, 0.25) is 10.9 Å². The summed E-state index contributed by atoms with van der Waals surface area (Å²) in [5.41, 5.74) is 1.84. The Kier molecular flexibility index (Phi) is 7.06. The molecule has 1 N–H and O–H groups in total. The summed E-state index contributed by atoms with van der Waals surface area (Å²) in [6, 6.07) is 9.47. The van der Waals surface area contributed by atoms with E-state index in [0.717, 1.165) is 16.5 Å². The summed E-state index contributed by atoms with van der Waals surface area (Å²) in [6.07, 6.45) is 1.73. The minimum Gasteiger partial charge on any atom is -0.256 e. The molecule has 7 heteroatoms. The monoisotopic (exact) mass is 294 g/mol. The second-order valence-corrected chi connectivity index (χ2v) is 3.95. The number of rotatable bonds is 3. The van der Waals surface area contributed by atoms with E-state index in [9.17, 15) is 8.42 Å². The van der Waals surface area contributed by atoms with Crippen molar-refractivity contribution in [3.63, 3.8) is 0 Å². The Morgan fingerprint density at radius 2 is 1.94 bits per heavy atom. The first kappa shape index (κ1) is 16.1. The van der Waals surface area contributed by atoms with Crippen LogP contribution in [0.15, 0.2) is 36.5 Å². The van der Waals surface area contributed by atoms with Crippen LogP contribution in [0.3, 0.4) is 0 Å². The lowest BCUT2D eigenvalue weighted by molar-refractivity contribution is 0.601. The Hall–Kier alpha value is -0.880. The number of thiol groups is 1. The van der Waals surface area contributed by atoms with Crippen molar-refractivity contribution in [3.05, 3.63) is 42.1 Å². The largest absolute Gasteiger partial charge is 0.256 e. The molecule has 2 rings (SSSR count). The normalized spacial score (nSPS) is 9.71. The lowest BCUT2D eigenvalue weighted by Crippen LogP contribution is -2.09. The van der Waals surface area contributed by atoms with Gasteiger partial charge in [-0.25, -0.2) is 13.1 Å². The average molecular weight is 295 g/mol. The first-order valence-electron chi connectivity index (χ1n) is 4.47. The Morgan fingerprint density at radius 1 is 1.18 bits per heavy atom. The second kappa shape index (κ2) is 7.45. The molecule has 1 aromatic carbocycles. The topological polar surface area (TPSA) is 59.1 Å². The van der Waals surface area contributed by atoms with Gasteiger partial charge in [0.05, 0.1) is 5.52 Å². The molecule has 0 saturated heterocycles. The molecule has 17 heavy (non-hydrogen) atoms. The number of halogens is 2. The van der Waals surface area contributed by atoms with Crippen LogP contribution in [0.2, 0.25) is 0 Å². The van der Waals surface area contributed by atoms with Gasteiger partial charge in [0, 0.05) is 18.1 Å². The molecule has 4 nitrogen and oxygen atoms in total. The molecule has 0 aliphatic carbocycles. The first-order chi connectivity index (χ1) is 7.25. The van der Waals surface area contributed by atoms with E-state index in [4.69, 9.17) is 0 Å². The van der Waals surface area contributed by atoms with Crippen LogP contribution in [0, 0.1) is 0 Å². The molecule has 0 aliphatic rings. The fourth-order valence-electron chi connectivity index (χ4n) is 1.39. The average Bonchev–Trinajstić information content (AvgIpc) is 2.26. The summed E-state index contributed by atoms with van der Waals surface area (Å²) < 4.78 is 23.1. The summed E-state index contributed by atoms with van der Waals surface area (Å²) in [6.45, 7) is 0.323. The fraction of sp³-hybridized carbons (Fsp3) is 0.100. The lowest BCUT2D eigenvalue weighted by atomic mass is 10.1. The Balaban J connectivity index is 0.00000128. The maximum absolute atomic E-state index is 10.3. The minimum absolute atomic E-state index is 0. The van der Waals surface area contributed by atoms with Crippen molar-refractivity contribution in [2.75, 3.05) is 0 Å². The van der Waals surface area contributed by atoms with Crippen LogP contribution >= 0.6 is 24.8 Å². The third kappa shape index (κ3) is 4.47. The molecule has 0 spiro atoms. The van der Waals surface area contributed by atoms with Crippen molar-refractivity contribution in [3.8, 4) is 0 Å². The van der Waals surface area contributed by atoms with Crippen LogP contribution in [0.25, 0.3) is 10.9 Å². The molecule has 0 unspecified atom stereocenters. The van der Waals surface area contributed by atoms with E-state index in [1.54, 1.807) is 6.20 Å². The smallest absolute Gasteiger partial charge is 0.201 e. The summed E-state index contributed by atoms with van der Waals surface area (Å²) in [7, 11) is -2.53. The zero-order chi connectivity index (χ0) is 10.7. The maximum Gasteiger partial charge on any atom is 0.201 e. The van der Waals surface area contributed by atoms with E-state index in [-0.39, 0.29) is 24.8 Å². The standard InChI is InChI=1S/C10H10N2O2S.2ClH/c13-15(14)12-7-8-3-4-10-9(6-8)2-1-5-11-10;;/h1-6,15H,7H2,(H,12,13,14);2*1H. The highest BCUT2D eigenvalue weighted by molar-refractivity contribution is 7.70. The fourth-order valence-corrected chi connectivity index (χ4v) is 1.70. The molecule has 0 aliphatic heterocycles. The van der Waals surface area contributed by atoms with E-state index < -0.39 is 10.9 Å². The van der Waals surface area contributed by atoms with E-state index in [2.05, 4.69) is 9.71 Å². The summed E-state index contributed by atoms with van der Waals surface area (Å²) in [4.78, 5) is 4.18. The molecule has 94 valence electrons. The summed E-state index contributed by atoms with van der Waals surface area (Å²) in [5.74, 6) is 0. The van der Waals surface area contributed by atoms with Crippen LogP contribution < -0.4 is 4.72 Å². The van der Waals surface area contributed by atoms with Crippen LogP contribution in [0.4, 0.5) is 0 Å². The maximum atomic E-state index is 10.3. The number of aromatic nitrogens is 1. The number of hydrogen-bond donors (Lipinski definition) is 2. The summed E-state index contributed by atoms with van der Waals surface area (Å²) in [5, 5.41) is 1.01. The summed E-state index contributed by atoms with van der Waals surface area (Å²) >= 11 is 0. The third-order valence-electron chi connectivity index (χ3n) is 2.08. The van der Waals surface area contributed by atoms with Crippen LogP contribution in [-0.2, 0) is 17.4 Å². The molecule has 0 saturated carbocycles. The SMILES string of the molecule is Cl.Cl.O=[SH](=O)NCc1ccc2ncccc2c1. The van der Waals surface area contributed by atoms with Crippen LogP contribution in [0.1, 0.15) is 5.56 Å². The molecule has 0 amide bonds. The Labute approximate surface area is 113 Å². The van der Waals surface area contributed by atoms with Crippen molar-refractivity contribution in [2.45, 2.75) is 6.54 Å². The molecule has 0 atom stereocenters. The van der Waals surface area contributed by atoms with Crippen molar-refractivity contribution >= 4 is 46.6 Å². The number of benzene rings is 1. The number of nitrogens with one attached hydrogen (secondary N) is 1. The van der Waals surface area contributed by atoms with E-state index >= 15 is 0 Å². The van der Waals surface area contributed by atoms with E-state index in [1.165, 1.54) is 0 Å². The molecule has 0 fully saturated rings.